The monoisotopic (exact) mass is 286 g/mol. The van der Waals surface area contributed by atoms with Crippen LogP contribution < -0.4 is 5.32 Å². The van der Waals surface area contributed by atoms with Crippen molar-refractivity contribution in [2.24, 2.45) is 5.92 Å². The van der Waals surface area contributed by atoms with Gasteiger partial charge in [0.2, 0.25) is 0 Å². The van der Waals surface area contributed by atoms with E-state index in [-0.39, 0.29) is 0 Å². The summed E-state index contributed by atoms with van der Waals surface area (Å²) < 4.78 is 1.79. The molecular formula is C15H22N6. The fourth-order valence-corrected chi connectivity index (χ4v) is 2.74. The molecule has 0 bridgehead atoms. The van der Waals surface area contributed by atoms with Crippen molar-refractivity contribution in [3.63, 3.8) is 0 Å². The highest BCUT2D eigenvalue weighted by Crippen LogP contribution is 2.15. The lowest BCUT2D eigenvalue weighted by atomic mass is 9.97. The van der Waals surface area contributed by atoms with E-state index in [1.807, 2.05) is 30.3 Å². The topological polar surface area (TPSA) is 58.9 Å². The predicted octanol–water partition coefficient (Wildman–Crippen LogP) is 1.09. The minimum absolute atomic E-state index is 0.703. The molecule has 0 saturated carbocycles. The molecule has 6 nitrogen and oxygen atoms in total. The minimum Gasteiger partial charge on any atom is -0.309 e. The Hall–Kier alpha value is -1.79. The Morgan fingerprint density at radius 3 is 2.71 bits per heavy atom. The lowest BCUT2D eigenvalue weighted by molar-refractivity contribution is 0.215. The fourth-order valence-electron chi connectivity index (χ4n) is 2.74. The Morgan fingerprint density at radius 2 is 1.95 bits per heavy atom. The normalized spacial score (nSPS) is 17.2. The van der Waals surface area contributed by atoms with Crippen LogP contribution in [0, 0.1) is 5.92 Å². The lowest BCUT2D eigenvalue weighted by Gasteiger charge is -2.28. The number of rotatable bonds is 5. The van der Waals surface area contributed by atoms with Gasteiger partial charge in [-0.05, 0) is 68.0 Å². The summed E-state index contributed by atoms with van der Waals surface area (Å²) in [7, 11) is 2.19. The number of aromatic nitrogens is 4. The molecule has 1 N–H and O–H groups in total. The first kappa shape index (κ1) is 14.2. The standard InChI is InChI=1S/C15H22N6/c1-20-9-7-13(8-10-20)11-16-12-15-17-18-19-21(15)14-5-3-2-4-6-14/h2-6,13,16H,7-12H2,1H3. The Morgan fingerprint density at radius 1 is 1.19 bits per heavy atom. The number of likely N-dealkylation sites (tertiary alicyclic amines) is 1. The number of para-hydroxylation sites is 1. The SMILES string of the molecule is CN1CCC(CNCc2nnnn2-c2ccccc2)CC1. The number of benzene rings is 1. The van der Waals surface area contributed by atoms with Gasteiger partial charge in [0.25, 0.3) is 0 Å². The zero-order valence-electron chi connectivity index (χ0n) is 12.4. The van der Waals surface area contributed by atoms with Crippen LogP contribution >= 0.6 is 0 Å². The molecule has 1 fully saturated rings. The van der Waals surface area contributed by atoms with Crippen LogP contribution in [0.4, 0.5) is 0 Å². The molecular weight excluding hydrogens is 264 g/mol. The Labute approximate surface area is 125 Å². The average Bonchev–Trinajstić information content (AvgIpc) is 2.99. The summed E-state index contributed by atoms with van der Waals surface area (Å²) in [5.41, 5.74) is 0.999. The van der Waals surface area contributed by atoms with Crippen LogP contribution in [0.25, 0.3) is 5.69 Å². The quantitative estimate of drug-likeness (QED) is 0.892. The van der Waals surface area contributed by atoms with Crippen molar-refractivity contribution in [2.45, 2.75) is 19.4 Å². The molecule has 3 rings (SSSR count). The lowest BCUT2D eigenvalue weighted by Crippen LogP contribution is -2.35. The van der Waals surface area contributed by atoms with E-state index in [1.165, 1.54) is 25.9 Å². The molecule has 1 aromatic heterocycles. The zero-order chi connectivity index (χ0) is 14.5. The molecule has 1 aliphatic rings. The second-order valence-electron chi connectivity index (χ2n) is 5.72. The van der Waals surface area contributed by atoms with Gasteiger partial charge < -0.3 is 10.2 Å². The largest absolute Gasteiger partial charge is 0.309 e. The second kappa shape index (κ2) is 6.78. The van der Waals surface area contributed by atoms with Gasteiger partial charge in [-0.2, -0.15) is 4.68 Å². The second-order valence-corrected chi connectivity index (χ2v) is 5.72. The summed E-state index contributed by atoms with van der Waals surface area (Å²) in [4.78, 5) is 2.40. The van der Waals surface area contributed by atoms with Gasteiger partial charge in [-0.1, -0.05) is 18.2 Å². The molecule has 1 aliphatic heterocycles. The van der Waals surface area contributed by atoms with Gasteiger partial charge in [0, 0.05) is 0 Å². The molecule has 1 aromatic carbocycles. The van der Waals surface area contributed by atoms with E-state index in [4.69, 9.17) is 0 Å². The van der Waals surface area contributed by atoms with Crippen molar-refractivity contribution in [1.29, 1.82) is 0 Å². The molecule has 112 valence electrons. The maximum Gasteiger partial charge on any atom is 0.170 e. The van der Waals surface area contributed by atoms with Crippen LogP contribution in [-0.4, -0.2) is 51.8 Å². The maximum atomic E-state index is 4.12. The van der Waals surface area contributed by atoms with Crippen molar-refractivity contribution in [3.8, 4) is 5.69 Å². The first-order valence-corrected chi connectivity index (χ1v) is 7.55. The maximum absolute atomic E-state index is 4.12. The summed E-state index contributed by atoms with van der Waals surface area (Å²) in [5.74, 6) is 1.62. The minimum atomic E-state index is 0.703. The Balaban J connectivity index is 1.53. The van der Waals surface area contributed by atoms with E-state index in [9.17, 15) is 0 Å². The van der Waals surface area contributed by atoms with Crippen molar-refractivity contribution in [1.82, 2.24) is 30.4 Å². The highest BCUT2D eigenvalue weighted by atomic mass is 15.5. The van der Waals surface area contributed by atoms with Gasteiger partial charge in [0.05, 0.1) is 12.2 Å². The third-order valence-electron chi connectivity index (χ3n) is 4.09. The molecule has 2 aromatic rings. The predicted molar refractivity (Wildman–Crippen MR) is 81.1 cm³/mol. The molecule has 1 saturated heterocycles. The summed E-state index contributed by atoms with van der Waals surface area (Å²) >= 11 is 0. The molecule has 0 amide bonds. The van der Waals surface area contributed by atoms with Crippen LogP contribution in [0.3, 0.4) is 0 Å². The molecule has 0 unspecified atom stereocenters. The van der Waals surface area contributed by atoms with Gasteiger partial charge in [-0.25, -0.2) is 0 Å². The Kier molecular flexibility index (Phi) is 4.57. The number of hydrogen-bond donors (Lipinski definition) is 1. The first-order chi connectivity index (χ1) is 10.3. The smallest absolute Gasteiger partial charge is 0.170 e. The number of hydrogen-bond acceptors (Lipinski definition) is 5. The number of tetrazole rings is 1. The van der Waals surface area contributed by atoms with Crippen molar-refractivity contribution < 1.29 is 0 Å². The van der Waals surface area contributed by atoms with Gasteiger partial charge in [-0.15, -0.1) is 5.10 Å². The number of nitrogens with one attached hydrogen (secondary N) is 1. The third-order valence-corrected chi connectivity index (χ3v) is 4.09. The van der Waals surface area contributed by atoms with Crippen LogP contribution in [0.1, 0.15) is 18.7 Å². The summed E-state index contributed by atoms with van der Waals surface area (Å²) in [5, 5.41) is 15.5. The summed E-state index contributed by atoms with van der Waals surface area (Å²) in [6, 6.07) is 10.00. The molecule has 0 radical (unpaired) electrons. The van der Waals surface area contributed by atoms with E-state index >= 15 is 0 Å². The highest BCUT2D eigenvalue weighted by Gasteiger charge is 2.16. The van der Waals surface area contributed by atoms with Gasteiger partial charge >= 0.3 is 0 Å². The van der Waals surface area contributed by atoms with E-state index in [0.717, 1.165) is 24.0 Å². The molecule has 0 aliphatic carbocycles. The van der Waals surface area contributed by atoms with Crippen molar-refractivity contribution in [2.75, 3.05) is 26.7 Å². The van der Waals surface area contributed by atoms with Gasteiger partial charge in [0.15, 0.2) is 5.82 Å². The van der Waals surface area contributed by atoms with E-state index in [1.54, 1.807) is 4.68 Å². The fraction of sp³-hybridized carbons (Fsp3) is 0.533. The van der Waals surface area contributed by atoms with Crippen LogP contribution in [0.15, 0.2) is 30.3 Å². The first-order valence-electron chi connectivity index (χ1n) is 7.55. The van der Waals surface area contributed by atoms with E-state index in [2.05, 4.69) is 32.8 Å². The number of piperidine rings is 1. The van der Waals surface area contributed by atoms with Crippen molar-refractivity contribution in [3.05, 3.63) is 36.2 Å². The third kappa shape index (κ3) is 3.65. The van der Waals surface area contributed by atoms with Crippen LogP contribution in [0.5, 0.6) is 0 Å². The molecule has 0 atom stereocenters. The average molecular weight is 286 g/mol. The molecule has 0 spiro atoms. The molecule has 21 heavy (non-hydrogen) atoms. The molecule has 6 heteroatoms. The van der Waals surface area contributed by atoms with Crippen LogP contribution in [-0.2, 0) is 6.54 Å². The highest BCUT2D eigenvalue weighted by molar-refractivity contribution is 5.30. The van der Waals surface area contributed by atoms with Gasteiger partial charge in [-0.3, -0.25) is 0 Å². The zero-order valence-corrected chi connectivity index (χ0v) is 12.4. The summed E-state index contributed by atoms with van der Waals surface area (Å²) in [6.45, 7) is 4.14. The molecule has 2 heterocycles. The van der Waals surface area contributed by atoms with E-state index in [0.29, 0.717) is 6.54 Å². The summed E-state index contributed by atoms with van der Waals surface area (Å²) in [6.07, 6.45) is 2.54. The van der Waals surface area contributed by atoms with Gasteiger partial charge in [0.1, 0.15) is 0 Å². The Bertz CT molecular complexity index is 544. The van der Waals surface area contributed by atoms with E-state index < -0.39 is 0 Å². The van der Waals surface area contributed by atoms with Crippen molar-refractivity contribution >= 4 is 0 Å². The number of nitrogens with zero attached hydrogens (tertiary/aromatic N) is 5. The van der Waals surface area contributed by atoms with Crippen LogP contribution in [0.2, 0.25) is 0 Å².